The molecule has 3 rings (SSSR count). The van der Waals surface area contributed by atoms with Gasteiger partial charge in [-0.1, -0.05) is 11.8 Å². The lowest BCUT2D eigenvalue weighted by molar-refractivity contribution is 0.663. The molecule has 6 heteroatoms. The van der Waals surface area contributed by atoms with E-state index in [0.717, 1.165) is 21.6 Å². The van der Waals surface area contributed by atoms with Crippen LogP contribution in [0.1, 0.15) is 29.6 Å². The second-order valence-corrected chi connectivity index (χ2v) is 5.90. The van der Waals surface area contributed by atoms with Gasteiger partial charge in [0.05, 0.1) is 10.7 Å². The summed E-state index contributed by atoms with van der Waals surface area (Å²) in [6, 6.07) is 0.648. The highest BCUT2D eigenvalue weighted by molar-refractivity contribution is 7.98. The van der Waals surface area contributed by atoms with Crippen molar-refractivity contribution in [1.82, 2.24) is 19.7 Å². The molecule has 0 amide bonds. The van der Waals surface area contributed by atoms with Gasteiger partial charge in [0.15, 0.2) is 5.16 Å². The molecule has 0 bridgehead atoms. The van der Waals surface area contributed by atoms with Gasteiger partial charge in [-0.05, 0) is 19.8 Å². The third kappa shape index (κ3) is 2.12. The van der Waals surface area contributed by atoms with Crippen molar-refractivity contribution in [2.45, 2.75) is 36.7 Å². The lowest BCUT2D eigenvalue weighted by Gasteiger charge is -2.02. The van der Waals surface area contributed by atoms with Gasteiger partial charge in [-0.15, -0.1) is 21.5 Å². The van der Waals surface area contributed by atoms with Crippen LogP contribution in [0.4, 0.5) is 0 Å². The predicted octanol–water partition coefficient (Wildman–Crippen LogP) is 2.67. The van der Waals surface area contributed by atoms with Crippen molar-refractivity contribution in [1.29, 1.82) is 0 Å². The summed E-state index contributed by atoms with van der Waals surface area (Å²) in [5.74, 6) is 0.885. The molecule has 0 atom stereocenters. The van der Waals surface area contributed by atoms with Gasteiger partial charge < -0.3 is 4.57 Å². The van der Waals surface area contributed by atoms with E-state index in [1.807, 2.05) is 13.3 Å². The minimum Gasteiger partial charge on any atom is -0.306 e. The molecule has 1 saturated carbocycles. The van der Waals surface area contributed by atoms with Crippen LogP contribution in [0.5, 0.6) is 0 Å². The summed E-state index contributed by atoms with van der Waals surface area (Å²) in [5.41, 5.74) is 1.14. The molecular formula is C10H12N4S2. The molecule has 0 aromatic carbocycles. The number of aryl methyl sites for hydroxylation is 1. The van der Waals surface area contributed by atoms with Crippen molar-refractivity contribution in [3.05, 3.63) is 22.4 Å². The third-order valence-corrected chi connectivity index (χ3v) is 4.31. The van der Waals surface area contributed by atoms with Crippen LogP contribution < -0.4 is 0 Å². The molecule has 1 aliphatic carbocycles. The minimum atomic E-state index is 0.648. The van der Waals surface area contributed by atoms with Crippen molar-refractivity contribution >= 4 is 23.1 Å². The van der Waals surface area contributed by atoms with Gasteiger partial charge in [0.25, 0.3) is 0 Å². The molecule has 2 aromatic heterocycles. The number of rotatable bonds is 4. The number of hydrogen-bond donors (Lipinski definition) is 0. The minimum absolute atomic E-state index is 0.648. The topological polar surface area (TPSA) is 43.6 Å². The maximum absolute atomic E-state index is 4.44. The molecule has 0 N–H and O–H groups in total. The van der Waals surface area contributed by atoms with Gasteiger partial charge >= 0.3 is 0 Å². The smallest absolute Gasteiger partial charge is 0.191 e. The number of hydrogen-bond acceptors (Lipinski definition) is 5. The highest BCUT2D eigenvalue weighted by Gasteiger charge is 2.26. The lowest BCUT2D eigenvalue weighted by Crippen LogP contribution is -1.94. The van der Waals surface area contributed by atoms with Crippen LogP contribution in [0.15, 0.2) is 16.9 Å². The largest absolute Gasteiger partial charge is 0.306 e. The average Bonchev–Trinajstić information content (AvgIpc) is 2.86. The summed E-state index contributed by atoms with van der Waals surface area (Å²) < 4.78 is 2.18. The average molecular weight is 252 g/mol. The fraction of sp³-hybridized carbons (Fsp3) is 0.500. The Bertz CT molecular complexity index is 486. The maximum Gasteiger partial charge on any atom is 0.191 e. The third-order valence-electron chi connectivity index (χ3n) is 2.50. The van der Waals surface area contributed by atoms with E-state index >= 15 is 0 Å². The Morgan fingerprint density at radius 1 is 1.56 bits per heavy atom. The van der Waals surface area contributed by atoms with Crippen LogP contribution in [0, 0.1) is 6.92 Å². The molecule has 0 aliphatic heterocycles. The fourth-order valence-electron chi connectivity index (χ4n) is 1.55. The maximum atomic E-state index is 4.44. The van der Waals surface area contributed by atoms with Crippen molar-refractivity contribution < 1.29 is 0 Å². The summed E-state index contributed by atoms with van der Waals surface area (Å²) in [6.07, 6.45) is 4.37. The highest BCUT2D eigenvalue weighted by atomic mass is 32.2. The standard InChI is InChI=1S/C10H12N4S2/c1-7-12-8(4-15-7)5-16-10-13-11-6-14(10)9-2-3-9/h4,6,9H,2-3,5H2,1H3. The zero-order valence-electron chi connectivity index (χ0n) is 8.96. The van der Waals surface area contributed by atoms with Gasteiger partial charge in [0.1, 0.15) is 6.33 Å². The van der Waals surface area contributed by atoms with E-state index < -0.39 is 0 Å². The number of aromatic nitrogens is 4. The van der Waals surface area contributed by atoms with Crippen molar-refractivity contribution in [2.24, 2.45) is 0 Å². The quantitative estimate of drug-likeness (QED) is 0.785. The van der Waals surface area contributed by atoms with E-state index in [9.17, 15) is 0 Å². The molecule has 4 nitrogen and oxygen atoms in total. The predicted molar refractivity (Wildman–Crippen MR) is 64.7 cm³/mol. The monoisotopic (exact) mass is 252 g/mol. The molecule has 0 unspecified atom stereocenters. The van der Waals surface area contributed by atoms with Crippen molar-refractivity contribution in [3.8, 4) is 0 Å². The Morgan fingerprint density at radius 2 is 2.44 bits per heavy atom. The summed E-state index contributed by atoms with van der Waals surface area (Å²) in [6.45, 7) is 2.03. The summed E-state index contributed by atoms with van der Waals surface area (Å²) >= 11 is 3.42. The van der Waals surface area contributed by atoms with Crippen LogP contribution in [-0.2, 0) is 5.75 Å². The number of thiazole rings is 1. The second-order valence-electron chi connectivity index (χ2n) is 3.90. The normalized spacial score (nSPS) is 15.6. The van der Waals surface area contributed by atoms with Gasteiger partial charge in [-0.25, -0.2) is 4.98 Å². The van der Waals surface area contributed by atoms with Gasteiger partial charge in [-0.3, -0.25) is 0 Å². The van der Waals surface area contributed by atoms with Crippen LogP contribution in [0.2, 0.25) is 0 Å². The zero-order valence-corrected chi connectivity index (χ0v) is 10.6. The molecule has 84 valence electrons. The van der Waals surface area contributed by atoms with E-state index in [1.54, 1.807) is 23.1 Å². The Hall–Kier alpha value is -0.880. The van der Waals surface area contributed by atoms with E-state index in [2.05, 4.69) is 25.1 Å². The molecular weight excluding hydrogens is 240 g/mol. The first-order valence-electron chi connectivity index (χ1n) is 5.26. The summed E-state index contributed by atoms with van der Waals surface area (Å²) in [7, 11) is 0. The van der Waals surface area contributed by atoms with Gasteiger partial charge in [-0.2, -0.15) is 0 Å². The Morgan fingerprint density at radius 3 is 3.12 bits per heavy atom. The van der Waals surface area contributed by atoms with E-state index in [-0.39, 0.29) is 0 Å². The fourth-order valence-corrected chi connectivity index (χ4v) is 3.14. The van der Waals surface area contributed by atoms with E-state index in [1.165, 1.54) is 12.8 Å². The van der Waals surface area contributed by atoms with Crippen LogP contribution in [0.25, 0.3) is 0 Å². The van der Waals surface area contributed by atoms with E-state index in [0.29, 0.717) is 6.04 Å². The number of thioether (sulfide) groups is 1. The van der Waals surface area contributed by atoms with Gasteiger partial charge in [0, 0.05) is 17.2 Å². The molecule has 0 spiro atoms. The Labute approximate surface area is 102 Å². The van der Waals surface area contributed by atoms with Crippen molar-refractivity contribution in [2.75, 3.05) is 0 Å². The Kier molecular flexibility index (Phi) is 2.69. The SMILES string of the molecule is Cc1nc(CSc2nncn2C2CC2)cs1. The molecule has 2 heterocycles. The first kappa shape index (κ1) is 10.3. The molecule has 0 radical (unpaired) electrons. The summed E-state index contributed by atoms with van der Waals surface area (Å²) in [5, 5.41) is 12.4. The lowest BCUT2D eigenvalue weighted by atomic mass is 10.6. The zero-order chi connectivity index (χ0) is 11.0. The highest BCUT2D eigenvalue weighted by Crippen LogP contribution is 2.37. The molecule has 1 fully saturated rings. The van der Waals surface area contributed by atoms with Crippen LogP contribution in [-0.4, -0.2) is 19.7 Å². The molecule has 1 aliphatic rings. The van der Waals surface area contributed by atoms with E-state index in [4.69, 9.17) is 0 Å². The molecule has 2 aromatic rings. The van der Waals surface area contributed by atoms with Crippen LogP contribution >= 0.6 is 23.1 Å². The van der Waals surface area contributed by atoms with Gasteiger partial charge in [0.2, 0.25) is 0 Å². The second kappa shape index (κ2) is 4.18. The first-order valence-corrected chi connectivity index (χ1v) is 7.13. The van der Waals surface area contributed by atoms with Crippen molar-refractivity contribution in [3.63, 3.8) is 0 Å². The summed E-state index contributed by atoms with van der Waals surface area (Å²) in [4.78, 5) is 4.44. The molecule has 0 saturated heterocycles. The first-order chi connectivity index (χ1) is 7.83. The Balaban J connectivity index is 1.67. The molecule has 16 heavy (non-hydrogen) atoms. The number of nitrogens with zero attached hydrogens (tertiary/aromatic N) is 4. The van der Waals surface area contributed by atoms with Crippen LogP contribution in [0.3, 0.4) is 0 Å².